The Morgan fingerprint density at radius 3 is 2.11 bits per heavy atom. The predicted octanol–water partition coefficient (Wildman–Crippen LogP) is 3.27. The molecule has 1 aromatic carbocycles. The Hall–Kier alpha value is -2.84. The van der Waals surface area contributed by atoms with E-state index in [1.165, 1.54) is 25.1 Å². The molecular weight excluding hydrogens is 365 g/mol. The number of carbonyl (C=O) groups excluding carboxylic acids is 3. The molecule has 0 radical (unpaired) electrons. The van der Waals surface area contributed by atoms with E-state index in [4.69, 9.17) is 4.74 Å². The van der Waals surface area contributed by atoms with Crippen LogP contribution in [0.15, 0.2) is 30.3 Å². The topological polar surface area (TPSA) is 84.5 Å². The van der Waals surface area contributed by atoms with Gasteiger partial charge in [0.2, 0.25) is 0 Å². The number of benzene rings is 1. The third kappa shape index (κ3) is 8.39. The van der Waals surface area contributed by atoms with Gasteiger partial charge in [0, 0.05) is 11.6 Å². The number of carbonyl (C=O) groups is 3. The monoisotopic (exact) mass is 386 g/mol. The maximum absolute atomic E-state index is 12.5. The van der Waals surface area contributed by atoms with E-state index in [-0.39, 0.29) is 0 Å². The standard InChI is InChI=1S/C18H21F3N2O4/c1-11(15(25)22-16(26)23-17(2,3)4)27-14(24)10-7-12-5-8-13(9-6-12)18(19,20)21/h5-11H,1-4H3,(H2,22,23,25,26)/b10-7+/t11-/m0/s1. The summed E-state index contributed by atoms with van der Waals surface area (Å²) in [6.07, 6.45) is -3.45. The number of halogens is 3. The fraction of sp³-hybridized carbons (Fsp3) is 0.389. The highest BCUT2D eigenvalue weighted by Crippen LogP contribution is 2.29. The van der Waals surface area contributed by atoms with Crippen molar-refractivity contribution in [3.05, 3.63) is 41.5 Å². The highest BCUT2D eigenvalue weighted by Gasteiger charge is 2.29. The third-order valence-electron chi connectivity index (χ3n) is 3.04. The Bertz CT molecular complexity index is 720. The van der Waals surface area contributed by atoms with E-state index >= 15 is 0 Å². The van der Waals surface area contributed by atoms with Crippen LogP contribution in [-0.2, 0) is 20.5 Å². The Kier molecular flexibility index (Phi) is 7.15. The van der Waals surface area contributed by atoms with Gasteiger partial charge in [-0.05, 0) is 51.5 Å². The maximum atomic E-state index is 12.5. The number of rotatable bonds is 4. The first-order valence-electron chi connectivity index (χ1n) is 7.97. The van der Waals surface area contributed by atoms with Crippen molar-refractivity contribution in [3.63, 3.8) is 0 Å². The fourth-order valence-corrected chi connectivity index (χ4v) is 1.80. The second-order valence-electron chi connectivity index (χ2n) is 6.73. The van der Waals surface area contributed by atoms with Crippen LogP contribution in [-0.4, -0.2) is 29.6 Å². The van der Waals surface area contributed by atoms with E-state index in [9.17, 15) is 27.6 Å². The normalized spacial score (nSPS) is 13.1. The Morgan fingerprint density at radius 1 is 1.07 bits per heavy atom. The maximum Gasteiger partial charge on any atom is 0.416 e. The van der Waals surface area contributed by atoms with Gasteiger partial charge in [0.15, 0.2) is 6.10 Å². The molecule has 148 valence electrons. The molecule has 2 N–H and O–H groups in total. The second-order valence-corrected chi connectivity index (χ2v) is 6.73. The Morgan fingerprint density at radius 2 is 1.63 bits per heavy atom. The lowest BCUT2D eigenvalue weighted by Crippen LogP contribution is -2.50. The van der Waals surface area contributed by atoms with Gasteiger partial charge in [0.05, 0.1) is 5.56 Å². The number of hydrogen-bond acceptors (Lipinski definition) is 4. The van der Waals surface area contributed by atoms with E-state index in [0.29, 0.717) is 5.56 Å². The molecule has 1 atom stereocenters. The van der Waals surface area contributed by atoms with Crippen molar-refractivity contribution in [3.8, 4) is 0 Å². The van der Waals surface area contributed by atoms with Crippen LogP contribution in [0.1, 0.15) is 38.8 Å². The largest absolute Gasteiger partial charge is 0.449 e. The number of urea groups is 1. The van der Waals surface area contributed by atoms with Crippen molar-refractivity contribution < 1.29 is 32.3 Å². The minimum absolute atomic E-state index is 0.349. The lowest BCUT2D eigenvalue weighted by Gasteiger charge is -2.21. The highest BCUT2D eigenvalue weighted by molar-refractivity contribution is 5.98. The van der Waals surface area contributed by atoms with E-state index in [1.54, 1.807) is 20.8 Å². The van der Waals surface area contributed by atoms with Crippen molar-refractivity contribution >= 4 is 24.0 Å². The van der Waals surface area contributed by atoms with Gasteiger partial charge in [-0.15, -0.1) is 0 Å². The molecule has 1 rings (SSSR count). The van der Waals surface area contributed by atoms with E-state index in [1.807, 2.05) is 5.32 Å². The minimum Gasteiger partial charge on any atom is -0.449 e. The molecular formula is C18H21F3N2O4. The van der Waals surface area contributed by atoms with Gasteiger partial charge >= 0.3 is 18.2 Å². The van der Waals surface area contributed by atoms with Crippen LogP contribution in [0.3, 0.4) is 0 Å². The average molecular weight is 386 g/mol. The number of ether oxygens (including phenoxy) is 1. The molecule has 0 saturated carbocycles. The summed E-state index contributed by atoms with van der Waals surface area (Å²) in [6, 6.07) is 3.43. The Labute approximate surface area is 154 Å². The van der Waals surface area contributed by atoms with Crippen LogP contribution < -0.4 is 10.6 Å². The van der Waals surface area contributed by atoms with Crippen LogP contribution >= 0.6 is 0 Å². The molecule has 0 spiro atoms. The van der Waals surface area contributed by atoms with Crippen molar-refractivity contribution in [2.24, 2.45) is 0 Å². The van der Waals surface area contributed by atoms with Gasteiger partial charge in [-0.25, -0.2) is 9.59 Å². The van der Waals surface area contributed by atoms with Gasteiger partial charge in [-0.1, -0.05) is 12.1 Å². The molecule has 0 unspecified atom stereocenters. The summed E-state index contributed by atoms with van der Waals surface area (Å²) in [6.45, 7) is 6.47. The van der Waals surface area contributed by atoms with Gasteiger partial charge in [-0.3, -0.25) is 10.1 Å². The number of alkyl halides is 3. The van der Waals surface area contributed by atoms with Crippen molar-refractivity contribution in [2.45, 2.75) is 45.5 Å². The molecule has 1 aromatic rings. The molecule has 0 heterocycles. The molecule has 0 bridgehead atoms. The predicted molar refractivity (Wildman–Crippen MR) is 92.5 cm³/mol. The lowest BCUT2D eigenvalue weighted by atomic mass is 10.1. The zero-order chi connectivity index (χ0) is 20.8. The van der Waals surface area contributed by atoms with Crippen molar-refractivity contribution in [2.75, 3.05) is 0 Å². The van der Waals surface area contributed by atoms with Crippen LogP contribution in [0.2, 0.25) is 0 Å². The molecule has 0 aliphatic carbocycles. The first-order chi connectivity index (χ1) is 12.3. The molecule has 6 nitrogen and oxygen atoms in total. The summed E-state index contributed by atoms with van der Waals surface area (Å²) < 4.78 is 42.3. The molecule has 0 aromatic heterocycles. The fourth-order valence-electron chi connectivity index (χ4n) is 1.80. The van der Waals surface area contributed by atoms with Crippen LogP contribution in [0.4, 0.5) is 18.0 Å². The molecule has 0 saturated heterocycles. The number of esters is 1. The lowest BCUT2D eigenvalue weighted by molar-refractivity contribution is -0.149. The summed E-state index contributed by atoms with van der Waals surface area (Å²) >= 11 is 0. The average Bonchev–Trinajstić information content (AvgIpc) is 2.50. The number of amides is 3. The minimum atomic E-state index is -4.44. The van der Waals surface area contributed by atoms with Gasteiger partial charge < -0.3 is 10.1 Å². The number of nitrogens with one attached hydrogen (secondary N) is 2. The first-order valence-corrected chi connectivity index (χ1v) is 7.97. The molecule has 3 amide bonds. The number of imide groups is 1. The van der Waals surface area contributed by atoms with Crippen LogP contribution in [0, 0.1) is 0 Å². The molecule has 0 aliphatic heterocycles. The third-order valence-corrected chi connectivity index (χ3v) is 3.04. The Balaban J connectivity index is 2.56. The van der Waals surface area contributed by atoms with Crippen LogP contribution in [0.5, 0.6) is 0 Å². The van der Waals surface area contributed by atoms with E-state index < -0.39 is 41.3 Å². The summed E-state index contributed by atoms with van der Waals surface area (Å²) in [7, 11) is 0. The second kappa shape index (κ2) is 8.70. The van der Waals surface area contributed by atoms with Gasteiger partial charge in [0.25, 0.3) is 5.91 Å². The quantitative estimate of drug-likeness (QED) is 0.614. The summed E-state index contributed by atoms with van der Waals surface area (Å²) in [4.78, 5) is 35.1. The molecule has 0 fully saturated rings. The molecule has 9 heteroatoms. The smallest absolute Gasteiger partial charge is 0.416 e. The zero-order valence-electron chi connectivity index (χ0n) is 15.3. The number of hydrogen-bond donors (Lipinski definition) is 2. The van der Waals surface area contributed by atoms with Gasteiger partial charge in [-0.2, -0.15) is 13.2 Å². The molecule has 0 aliphatic rings. The SMILES string of the molecule is C[C@H](OC(=O)/C=C/c1ccc(C(F)(F)F)cc1)C(=O)NC(=O)NC(C)(C)C. The zero-order valence-corrected chi connectivity index (χ0v) is 15.3. The van der Waals surface area contributed by atoms with E-state index in [2.05, 4.69) is 5.32 Å². The van der Waals surface area contributed by atoms with Crippen molar-refractivity contribution in [1.82, 2.24) is 10.6 Å². The summed E-state index contributed by atoms with van der Waals surface area (Å²) in [5, 5.41) is 4.55. The van der Waals surface area contributed by atoms with E-state index in [0.717, 1.165) is 18.2 Å². The summed E-state index contributed by atoms with van der Waals surface area (Å²) in [5.41, 5.74) is -1.00. The highest BCUT2D eigenvalue weighted by atomic mass is 19.4. The first kappa shape index (κ1) is 22.2. The van der Waals surface area contributed by atoms with Crippen LogP contribution in [0.25, 0.3) is 6.08 Å². The summed E-state index contributed by atoms with van der Waals surface area (Å²) in [5.74, 6) is -1.69. The molecule has 27 heavy (non-hydrogen) atoms. The van der Waals surface area contributed by atoms with Gasteiger partial charge in [0.1, 0.15) is 0 Å². The van der Waals surface area contributed by atoms with Crippen molar-refractivity contribution in [1.29, 1.82) is 0 Å².